The molecule has 3 N–H and O–H groups in total. The fourth-order valence-electron chi connectivity index (χ4n) is 1.47. The van der Waals surface area contributed by atoms with Gasteiger partial charge in [0.25, 0.3) is 5.91 Å². The Morgan fingerprint density at radius 1 is 1.45 bits per heavy atom. The van der Waals surface area contributed by atoms with Gasteiger partial charge in [0.15, 0.2) is 5.13 Å². The molecule has 1 aromatic carbocycles. The Balaban J connectivity index is 2.11. The topological polar surface area (TPSA) is 80.4 Å². The molecule has 0 bridgehead atoms. The molecule has 0 unspecified atom stereocenters. The van der Waals surface area contributed by atoms with Crippen molar-refractivity contribution in [3.63, 3.8) is 0 Å². The van der Waals surface area contributed by atoms with E-state index in [1.165, 1.54) is 6.21 Å². The summed E-state index contributed by atoms with van der Waals surface area (Å²) in [6.07, 6.45) is 1.39. The van der Waals surface area contributed by atoms with Gasteiger partial charge in [0.2, 0.25) is 0 Å². The number of hydrogen-bond acceptors (Lipinski definition) is 5. The van der Waals surface area contributed by atoms with Gasteiger partial charge in [-0.3, -0.25) is 4.79 Å². The summed E-state index contributed by atoms with van der Waals surface area (Å²) in [6.45, 7) is 1.70. The van der Waals surface area contributed by atoms with Crippen molar-refractivity contribution < 1.29 is 4.79 Å². The van der Waals surface area contributed by atoms with Crippen LogP contribution < -0.4 is 11.2 Å². The SMILES string of the molecule is Cc1nc(N)sc1C(=O)NN=Cc1c(Cl)cccc1Cl. The maximum absolute atomic E-state index is 11.9. The smallest absolute Gasteiger partial charge is 0.283 e. The molecule has 0 aliphatic rings. The lowest BCUT2D eigenvalue weighted by molar-refractivity contribution is 0.0958. The summed E-state index contributed by atoms with van der Waals surface area (Å²) in [7, 11) is 0. The number of rotatable bonds is 3. The fraction of sp³-hybridized carbons (Fsp3) is 0.0833. The van der Waals surface area contributed by atoms with Crippen LogP contribution in [0, 0.1) is 6.92 Å². The monoisotopic (exact) mass is 328 g/mol. The molecule has 8 heteroatoms. The van der Waals surface area contributed by atoms with Crippen LogP contribution in [0.15, 0.2) is 23.3 Å². The molecule has 0 atom stereocenters. The average molecular weight is 329 g/mol. The standard InChI is InChI=1S/C12H10Cl2N4OS/c1-6-10(20-12(15)17-6)11(19)18-16-5-7-8(13)3-2-4-9(7)14/h2-5H,1H3,(H2,15,17)(H,18,19). The van der Waals surface area contributed by atoms with Crippen LogP contribution >= 0.6 is 34.5 Å². The van der Waals surface area contributed by atoms with Gasteiger partial charge in [-0.25, -0.2) is 10.4 Å². The highest BCUT2D eigenvalue weighted by Crippen LogP contribution is 2.22. The van der Waals surface area contributed by atoms with Gasteiger partial charge in [0.1, 0.15) is 4.88 Å². The van der Waals surface area contributed by atoms with Gasteiger partial charge >= 0.3 is 0 Å². The number of carbonyl (C=O) groups excluding carboxylic acids is 1. The van der Waals surface area contributed by atoms with Gasteiger partial charge in [-0.05, 0) is 19.1 Å². The molecule has 0 aliphatic heterocycles. The first kappa shape index (κ1) is 14.8. The summed E-state index contributed by atoms with van der Waals surface area (Å²) in [5.41, 5.74) is 9.02. The van der Waals surface area contributed by atoms with Crippen molar-refractivity contribution >= 4 is 51.8 Å². The molecular formula is C12H10Cl2N4OS. The average Bonchev–Trinajstić information content (AvgIpc) is 2.72. The zero-order chi connectivity index (χ0) is 14.7. The number of carbonyl (C=O) groups is 1. The molecule has 5 nitrogen and oxygen atoms in total. The normalized spacial score (nSPS) is 10.9. The molecule has 20 heavy (non-hydrogen) atoms. The highest BCUT2D eigenvalue weighted by Gasteiger charge is 2.13. The van der Waals surface area contributed by atoms with Crippen molar-refractivity contribution in [1.29, 1.82) is 0 Å². The third-order valence-corrected chi connectivity index (χ3v) is 4.02. The number of nitrogens with one attached hydrogen (secondary N) is 1. The molecule has 1 amide bonds. The molecule has 2 aromatic rings. The first-order chi connectivity index (χ1) is 9.49. The second-order valence-corrected chi connectivity index (χ2v) is 5.65. The van der Waals surface area contributed by atoms with Crippen molar-refractivity contribution in [2.75, 3.05) is 5.73 Å². The number of hydrogen-bond donors (Lipinski definition) is 2. The van der Waals surface area contributed by atoms with Crippen LogP contribution in [0.5, 0.6) is 0 Å². The van der Waals surface area contributed by atoms with E-state index in [4.69, 9.17) is 28.9 Å². The summed E-state index contributed by atoms with van der Waals surface area (Å²) in [5, 5.41) is 5.08. The lowest BCUT2D eigenvalue weighted by atomic mass is 10.2. The van der Waals surface area contributed by atoms with Gasteiger partial charge in [-0.2, -0.15) is 5.10 Å². The van der Waals surface area contributed by atoms with Crippen molar-refractivity contribution in [2.24, 2.45) is 5.10 Å². The zero-order valence-corrected chi connectivity index (χ0v) is 12.7. The third-order valence-electron chi connectivity index (χ3n) is 2.38. The Hall–Kier alpha value is -1.63. The lowest BCUT2D eigenvalue weighted by Crippen LogP contribution is -2.17. The maximum Gasteiger partial charge on any atom is 0.283 e. The predicted molar refractivity (Wildman–Crippen MR) is 82.8 cm³/mol. The van der Waals surface area contributed by atoms with E-state index in [9.17, 15) is 4.79 Å². The quantitative estimate of drug-likeness (QED) is 0.671. The number of hydrazone groups is 1. The largest absolute Gasteiger partial charge is 0.375 e. The molecule has 1 heterocycles. The van der Waals surface area contributed by atoms with Crippen LogP contribution in [0.1, 0.15) is 20.9 Å². The van der Waals surface area contributed by atoms with E-state index in [1.54, 1.807) is 25.1 Å². The van der Waals surface area contributed by atoms with Gasteiger partial charge < -0.3 is 5.73 Å². The van der Waals surface area contributed by atoms with Gasteiger partial charge in [-0.15, -0.1) is 0 Å². The van der Waals surface area contributed by atoms with E-state index in [1.807, 2.05) is 0 Å². The minimum absolute atomic E-state index is 0.339. The van der Waals surface area contributed by atoms with E-state index in [-0.39, 0.29) is 5.91 Å². The molecular weight excluding hydrogens is 319 g/mol. The summed E-state index contributed by atoms with van der Waals surface area (Å²) in [4.78, 5) is 16.3. The zero-order valence-electron chi connectivity index (χ0n) is 10.4. The van der Waals surface area contributed by atoms with Crippen molar-refractivity contribution in [3.05, 3.63) is 44.4 Å². The number of halogens is 2. The first-order valence-electron chi connectivity index (χ1n) is 5.49. The summed E-state index contributed by atoms with van der Waals surface area (Å²) < 4.78 is 0. The highest BCUT2D eigenvalue weighted by atomic mass is 35.5. The van der Waals surface area contributed by atoms with E-state index in [0.717, 1.165) is 11.3 Å². The summed E-state index contributed by atoms with van der Waals surface area (Å²) in [5.74, 6) is -0.379. The number of thiazole rings is 1. The Labute approximate surface area is 129 Å². The minimum Gasteiger partial charge on any atom is -0.375 e. The Kier molecular flexibility index (Phi) is 4.59. The number of nitrogens with two attached hydrogens (primary N) is 1. The first-order valence-corrected chi connectivity index (χ1v) is 7.06. The number of nitrogens with zero attached hydrogens (tertiary/aromatic N) is 2. The fourth-order valence-corrected chi connectivity index (χ4v) is 2.69. The molecule has 2 rings (SSSR count). The second-order valence-electron chi connectivity index (χ2n) is 3.80. The van der Waals surface area contributed by atoms with E-state index < -0.39 is 0 Å². The summed E-state index contributed by atoms with van der Waals surface area (Å²) >= 11 is 13.1. The van der Waals surface area contributed by atoms with Crippen molar-refractivity contribution in [1.82, 2.24) is 10.4 Å². The number of aromatic nitrogens is 1. The number of benzene rings is 1. The second kappa shape index (κ2) is 6.21. The number of anilines is 1. The molecule has 0 saturated carbocycles. The third kappa shape index (κ3) is 3.27. The van der Waals surface area contributed by atoms with Gasteiger partial charge in [0, 0.05) is 5.56 Å². The molecule has 0 radical (unpaired) electrons. The van der Waals surface area contributed by atoms with Crippen LogP contribution in [0.2, 0.25) is 10.0 Å². The number of aryl methyl sites for hydroxylation is 1. The Morgan fingerprint density at radius 2 is 2.10 bits per heavy atom. The molecule has 104 valence electrons. The molecule has 0 spiro atoms. The molecule has 0 fully saturated rings. The van der Waals surface area contributed by atoms with Crippen LogP contribution in [-0.2, 0) is 0 Å². The van der Waals surface area contributed by atoms with Crippen LogP contribution in [0.4, 0.5) is 5.13 Å². The molecule has 1 aromatic heterocycles. The van der Waals surface area contributed by atoms with E-state index >= 15 is 0 Å². The lowest BCUT2D eigenvalue weighted by Gasteiger charge is -2.01. The Morgan fingerprint density at radius 3 is 2.65 bits per heavy atom. The van der Waals surface area contributed by atoms with Crippen molar-refractivity contribution in [3.8, 4) is 0 Å². The highest BCUT2D eigenvalue weighted by molar-refractivity contribution is 7.17. The molecule has 0 aliphatic carbocycles. The van der Waals surface area contributed by atoms with E-state index in [0.29, 0.717) is 31.3 Å². The van der Waals surface area contributed by atoms with Crippen molar-refractivity contribution in [2.45, 2.75) is 6.92 Å². The predicted octanol–water partition coefficient (Wildman–Crippen LogP) is 3.10. The number of amides is 1. The maximum atomic E-state index is 11.9. The minimum atomic E-state index is -0.379. The summed E-state index contributed by atoms with van der Waals surface area (Å²) in [6, 6.07) is 5.10. The van der Waals surface area contributed by atoms with E-state index in [2.05, 4.69) is 15.5 Å². The Bertz CT molecular complexity index is 664. The molecule has 0 saturated heterocycles. The van der Waals surface area contributed by atoms with Crippen LogP contribution in [0.25, 0.3) is 0 Å². The van der Waals surface area contributed by atoms with Gasteiger partial charge in [-0.1, -0.05) is 40.6 Å². The van der Waals surface area contributed by atoms with Crippen LogP contribution in [-0.4, -0.2) is 17.1 Å². The van der Waals surface area contributed by atoms with Crippen LogP contribution in [0.3, 0.4) is 0 Å². The number of nitrogen functional groups attached to an aromatic ring is 1. The van der Waals surface area contributed by atoms with Gasteiger partial charge in [0.05, 0.1) is 22.0 Å².